The Morgan fingerprint density at radius 2 is 1.93 bits per heavy atom. The van der Waals surface area contributed by atoms with Crippen LogP contribution in [0.25, 0.3) is 22.2 Å². The van der Waals surface area contributed by atoms with Gasteiger partial charge in [0.2, 0.25) is 11.8 Å². The molecule has 3 N–H and O–H groups in total. The number of hydrogen-bond acceptors (Lipinski definition) is 9. The summed E-state index contributed by atoms with van der Waals surface area (Å²) in [4.78, 5) is 26.5. The first-order valence-corrected chi connectivity index (χ1v) is 14.2. The van der Waals surface area contributed by atoms with Crippen LogP contribution >= 0.6 is 0 Å². The molecule has 0 radical (unpaired) electrons. The second-order valence-corrected chi connectivity index (χ2v) is 10.7. The van der Waals surface area contributed by atoms with E-state index in [2.05, 4.69) is 48.7 Å². The predicted octanol–water partition coefficient (Wildman–Crippen LogP) is 3.68. The summed E-state index contributed by atoms with van der Waals surface area (Å²) in [5.41, 5.74) is 5.99. The van der Waals surface area contributed by atoms with E-state index in [9.17, 15) is 4.79 Å². The van der Waals surface area contributed by atoms with Gasteiger partial charge in [0.1, 0.15) is 5.82 Å². The number of fused-ring (bicyclic) bond motifs is 1. The van der Waals surface area contributed by atoms with E-state index in [1.165, 1.54) is 11.8 Å². The Hall–Kier alpha value is -4.77. The molecule has 0 spiro atoms. The zero-order chi connectivity index (χ0) is 29.1. The van der Waals surface area contributed by atoms with Gasteiger partial charge in [0.05, 0.1) is 24.5 Å². The lowest BCUT2D eigenvalue weighted by Crippen LogP contribution is -2.46. The molecule has 2 fully saturated rings. The lowest BCUT2D eigenvalue weighted by Gasteiger charge is -2.35. The van der Waals surface area contributed by atoms with Crippen LogP contribution in [-0.2, 0) is 11.3 Å². The van der Waals surface area contributed by atoms with E-state index >= 15 is 0 Å². The highest BCUT2D eigenvalue weighted by molar-refractivity contribution is 6.09. The number of nitrogens with one attached hydrogen (secondary N) is 3. The van der Waals surface area contributed by atoms with Crippen molar-refractivity contribution in [2.24, 2.45) is 5.92 Å². The summed E-state index contributed by atoms with van der Waals surface area (Å²) in [7, 11) is 3.43. The van der Waals surface area contributed by atoms with E-state index in [1.807, 2.05) is 30.7 Å². The van der Waals surface area contributed by atoms with Crippen LogP contribution in [0.4, 0.5) is 11.5 Å². The summed E-state index contributed by atoms with van der Waals surface area (Å²) in [6.07, 6.45) is 12.3. The molecule has 11 nitrogen and oxygen atoms in total. The monoisotopic (exact) mass is 565 g/mol. The number of allylic oxidation sites excluding steroid dienone is 1. The number of piperazine rings is 1. The van der Waals surface area contributed by atoms with Crippen LogP contribution < -0.4 is 20.3 Å². The molecule has 4 aromatic heterocycles. The first-order valence-electron chi connectivity index (χ1n) is 14.2. The molecule has 4 aromatic rings. The van der Waals surface area contributed by atoms with Crippen LogP contribution in [0.2, 0.25) is 0 Å². The maximum Gasteiger partial charge on any atom is 0.227 e. The van der Waals surface area contributed by atoms with E-state index in [0.717, 1.165) is 73.6 Å². The molecule has 1 amide bonds. The zero-order valence-corrected chi connectivity index (χ0v) is 23.9. The third kappa shape index (κ3) is 5.82. The Morgan fingerprint density at radius 3 is 2.57 bits per heavy atom. The van der Waals surface area contributed by atoms with E-state index in [-0.39, 0.29) is 11.8 Å². The molecule has 1 saturated heterocycles. The first-order chi connectivity index (χ1) is 20.6. The van der Waals surface area contributed by atoms with Crippen molar-refractivity contribution in [1.29, 1.82) is 5.41 Å². The summed E-state index contributed by atoms with van der Waals surface area (Å²) in [6.45, 7) is 4.49. The van der Waals surface area contributed by atoms with Crippen molar-refractivity contribution in [3.63, 3.8) is 0 Å². The minimum absolute atomic E-state index is 0.0334. The number of nitrogens with zero attached hydrogens (tertiary/aromatic N) is 6. The van der Waals surface area contributed by atoms with E-state index in [4.69, 9.17) is 15.1 Å². The Labute approximate surface area is 244 Å². The average molecular weight is 566 g/mol. The van der Waals surface area contributed by atoms with Gasteiger partial charge in [0.25, 0.3) is 0 Å². The van der Waals surface area contributed by atoms with Gasteiger partial charge in [-0.25, -0.2) is 14.5 Å². The van der Waals surface area contributed by atoms with E-state index in [1.54, 1.807) is 31.1 Å². The van der Waals surface area contributed by atoms with Gasteiger partial charge in [-0.15, -0.1) is 0 Å². The summed E-state index contributed by atoms with van der Waals surface area (Å²) >= 11 is 0. The quantitative estimate of drug-likeness (QED) is 0.249. The van der Waals surface area contributed by atoms with Crippen molar-refractivity contribution in [1.82, 2.24) is 29.8 Å². The highest BCUT2D eigenvalue weighted by Crippen LogP contribution is 2.35. The lowest BCUT2D eigenvalue weighted by molar-refractivity contribution is -0.117. The fourth-order valence-corrected chi connectivity index (χ4v) is 5.29. The molecule has 0 bridgehead atoms. The van der Waals surface area contributed by atoms with Crippen molar-refractivity contribution in [3.8, 4) is 17.0 Å². The lowest BCUT2D eigenvalue weighted by atomic mass is 10.0. The van der Waals surface area contributed by atoms with Gasteiger partial charge in [-0.3, -0.25) is 9.69 Å². The number of ether oxygens (including phenoxy) is 1. The smallest absolute Gasteiger partial charge is 0.227 e. The molecule has 216 valence electrons. The van der Waals surface area contributed by atoms with Crippen LogP contribution in [0, 0.1) is 11.3 Å². The Kier molecular flexibility index (Phi) is 7.83. The van der Waals surface area contributed by atoms with Gasteiger partial charge < -0.3 is 25.7 Å². The van der Waals surface area contributed by atoms with Crippen molar-refractivity contribution in [2.45, 2.75) is 19.4 Å². The summed E-state index contributed by atoms with van der Waals surface area (Å²) in [5, 5.41) is 18.6. The van der Waals surface area contributed by atoms with Gasteiger partial charge in [0.15, 0.2) is 0 Å². The van der Waals surface area contributed by atoms with Crippen molar-refractivity contribution in [2.75, 3.05) is 50.6 Å². The fourth-order valence-electron chi connectivity index (χ4n) is 5.29. The first kappa shape index (κ1) is 27.4. The van der Waals surface area contributed by atoms with Crippen LogP contribution in [-0.4, -0.2) is 76.9 Å². The summed E-state index contributed by atoms with van der Waals surface area (Å²) in [6, 6.07) is 10.1. The van der Waals surface area contributed by atoms with Crippen LogP contribution in [0.15, 0.2) is 61.3 Å². The Bertz CT molecular complexity index is 1600. The van der Waals surface area contributed by atoms with Crippen LogP contribution in [0.3, 0.4) is 0 Å². The number of pyridine rings is 3. The summed E-state index contributed by atoms with van der Waals surface area (Å²) < 4.78 is 6.93. The van der Waals surface area contributed by atoms with Crippen molar-refractivity contribution in [3.05, 3.63) is 72.4 Å². The van der Waals surface area contributed by atoms with Gasteiger partial charge in [-0.1, -0.05) is 6.07 Å². The molecule has 1 saturated carbocycles. The molecule has 2 aliphatic rings. The molecule has 0 aromatic carbocycles. The number of aromatic nitrogens is 4. The predicted molar refractivity (Wildman–Crippen MR) is 164 cm³/mol. The highest BCUT2D eigenvalue weighted by Gasteiger charge is 2.30. The number of carbonyl (C=O) groups is 1. The van der Waals surface area contributed by atoms with Gasteiger partial charge in [0, 0.05) is 105 Å². The number of amides is 1. The van der Waals surface area contributed by atoms with Crippen LogP contribution in [0.5, 0.6) is 5.88 Å². The number of carbonyl (C=O) groups excluding carboxylic acids is 1. The molecular weight excluding hydrogens is 530 g/mol. The second kappa shape index (κ2) is 12.0. The maximum atomic E-state index is 12.6. The molecule has 6 rings (SSSR count). The SMILES string of the molecule is CN/C=C(\C=N)c1cc(-c2ccc(N3CCN(Cc4ccc(OC)nc4)CC3)nc2)c2c(NC(=O)C3CC3)cnn2c1. The standard InChI is InChI=1S/C31H35N9O2/c1-33-16-25(14-32)24-13-26(30-27(18-36-40(30)20-24)37-31(41)22-4-5-22)23-6-7-28(34-17-23)39-11-9-38(10-12-39)19-21-3-8-29(42-2)35-15-21/h3,6-8,13-18,20,22,32-33H,4-5,9-12,19H2,1-2H3,(H,37,41)/b25-16+,32-14?. The normalized spacial score (nSPS) is 16.0. The minimum Gasteiger partial charge on any atom is -0.481 e. The molecule has 0 atom stereocenters. The molecule has 11 heteroatoms. The number of methoxy groups -OCH3 is 1. The molecule has 0 unspecified atom stereocenters. The summed E-state index contributed by atoms with van der Waals surface area (Å²) in [5.74, 6) is 1.68. The number of anilines is 2. The Balaban J connectivity index is 1.23. The average Bonchev–Trinajstić information content (AvgIpc) is 3.82. The molecule has 1 aliphatic carbocycles. The van der Waals surface area contributed by atoms with E-state index in [0.29, 0.717) is 17.1 Å². The molecule has 5 heterocycles. The molecule has 1 aliphatic heterocycles. The largest absolute Gasteiger partial charge is 0.481 e. The van der Waals surface area contributed by atoms with Crippen molar-refractivity contribution < 1.29 is 9.53 Å². The number of rotatable bonds is 10. The van der Waals surface area contributed by atoms with Gasteiger partial charge in [-0.2, -0.15) is 5.10 Å². The fraction of sp³-hybridized carbons (Fsp3) is 0.323. The highest BCUT2D eigenvalue weighted by atomic mass is 16.5. The third-order valence-corrected chi connectivity index (χ3v) is 7.77. The van der Waals surface area contributed by atoms with Gasteiger partial charge >= 0.3 is 0 Å². The molecular formula is C31H35N9O2. The third-order valence-electron chi connectivity index (χ3n) is 7.77. The minimum atomic E-state index is 0.0334. The van der Waals surface area contributed by atoms with E-state index < -0.39 is 0 Å². The van der Waals surface area contributed by atoms with Crippen molar-refractivity contribution >= 4 is 34.7 Å². The maximum absolute atomic E-state index is 12.6. The number of hydrogen-bond donors (Lipinski definition) is 3. The zero-order valence-electron chi connectivity index (χ0n) is 23.9. The molecule has 42 heavy (non-hydrogen) atoms. The van der Waals surface area contributed by atoms with Crippen LogP contribution in [0.1, 0.15) is 24.0 Å². The second-order valence-electron chi connectivity index (χ2n) is 10.7. The topological polar surface area (TPSA) is 124 Å². The van der Waals surface area contributed by atoms with Gasteiger partial charge in [-0.05, 0) is 36.6 Å². The Morgan fingerprint density at radius 1 is 1.10 bits per heavy atom.